The van der Waals surface area contributed by atoms with Gasteiger partial charge in [0.2, 0.25) is 0 Å². The van der Waals surface area contributed by atoms with Crippen molar-refractivity contribution in [1.82, 2.24) is 4.90 Å². The van der Waals surface area contributed by atoms with Crippen LogP contribution in [0.1, 0.15) is 5.56 Å². The SMILES string of the molecule is COCc1cc(N2CCN(CC=O)CC2)ccc1N. The second-order valence-corrected chi connectivity index (χ2v) is 4.77. The highest BCUT2D eigenvalue weighted by molar-refractivity contribution is 5.58. The summed E-state index contributed by atoms with van der Waals surface area (Å²) in [5.41, 5.74) is 8.89. The van der Waals surface area contributed by atoms with E-state index in [1.165, 1.54) is 5.69 Å². The van der Waals surface area contributed by atoms with Crippen LogP contribution in [0.3, 0.4) is 0 Å². The van der Waals surface area contributed by atoms with Crippen molar-refractivity contribution in [2.24, 2.45) is 0 Å². The van der Waals surface area contributed by atoms with Gasteiger partial charge in [-0.15, -0.1) is 0 Å². The van der Waals surface area contributed by atoms with Gasteiger partial charge in [-0.3, -0.25) is 4.90 Å². The third-order valence-electron chi connectivity index (χ3n) is 3.50. The Morgan fingerprint density at radius 2 is 2.05 bits per heavy atom. The molecule has 0 radical (unpaired) electrons. The standard InChI is InChI=1S/C14H21N3O2/c1-19-11-12-10-13(2-3-14(12)15)17-6-4-16(5-7-17)8-9-18/h2-3,9-10H,4-8,11,15H2,1H3. The maximum atomic E-state index is 10.5. The lowest BCUT2D eigenvalue weighted by atomic mass is 10.1. The fraction of sp³-hybridized carbons (Fsp3) is 0.500. The minimum absolute atomic E-state index is 0.532. The van der Waals surface area contributed by atoms with Crippen LogP contribution in [0.15, 0.2) is 18.2 Å². The lowest BCUT2D eigenvalue weighted by Crippen LogP contribution is -2.46. The smallest absolute Gasteiger partial charge is 0.133 e. The molecule has 0 saturated carbocycles. The van der Waals surface area contributed by atoms with Crippen LogP contribution >= 0.6 is 0 Å². The van der Waals surface area contributed by atoms with Gasteiger partial charge in [-0.05, 0) is 18.2 Å². The monoisotopic (exact) mass is 263 g/mol. The number of nitrogen functional groups attached to an aromatic ring is 1. The summed E-state index contributed by atoms with van der Waals surface area (Å²) >= 11 is 0. The fourth-order valence-corrected chi connectivity index (χ4v) is 2.36. The topological polar surface area (TPSA) is 58.8 Å². The van der Waals surface area contributed by atoms with E-state index in [0.29, 0.717) is 13.2 Å². The van der Waals surface area contributed by atoms with E-state index >= 15 is 0 Å². The molecule has 1 heterocycles. The van der Waals surface area contributed by atoms with Gasteiger partial charge in [0, 0.05) is 50.2 Å². The molecule has 0 bridgehead atoms. The first kappa shape index (κ1) is 13.8. The fourth-order valence-electron chi connectivity index (χ4n) is 2.36. The Bertz CT molecular complexity index is 429. The van der Waals surface area contributed by atoms with Gasteiger partial charge in [-0.1, -0.05) is 0 Å². The number of anilines is 2. The molecule has 0 aliphatic carbocycles. The van der Waals surface area contributed by atoms with Gasteiger partial charge in [-0.25, -0.2) is 0 Å². The summed E-state index contributed by atoms with van der Waals surface area (Å²) in [7, 11) is 1.67. The number of methoxy groups -OCH3 is 1. The number of carbonyl (C=O) groups excluding carboxylic acids is 1. The summed E-state index contributed by atoms with van der Waals surface area (Å²) in [4.78, 5) is 15.0. The predicted molar refractivity (Wildman–Crippen MR) is 76.3 cm³/mol. The highest BCUT2D eigenvalue weighted by atomic mass is 16.5. The number of piperazine rings is 1. The molecule has 1 aliphatic rings. The largest absolute Gasteiger partial charge is 0.398 e. The van der Waals surface area contributed by atoms with Crippen molar-refractivity contribution in [3.05, 3.63) is 23.8 Å². The molecule has 1 aromatic carbocycles. The van der Waals surface area contributed by atoms with Gasteiger partial charge < -0.3 is 20.2 Å². The van der Waals surface area contributed by atoms with Crippen LogP contribution in [-0.2, 0) is 16.1 Å². The molecule has 2 rings (SSSR count). The molecule has 1 fully saturated rings. The number of rotatable bonds is 5. The van der Waals surface area contributed by atoms with E-state index in [1.54, 1.807) is 7.11 Å². The van der Waals surface area contributed by atoms with E-state index in [0.717, 1.165) is 43.7 Å². The number of ether oxygens (including phenoxy) is 1. The van der Waals surface area contributed by atoms with Crippen LogP contribution in [-0.4, -0.2) is 51.0 Å². The van der Waals surface area contributed by atoms with Crippen molar-refractivity contribution in [1.29, 1.82) is 0 Å². The Morgan fingerprint density at radius 3 is 2.68 bits per heavy atom. The van der Waals surface area contributed by atoms with Crippen molar-refractivity contribution in [2.45, 2.75) is 6.61 Å². The summed E-state index contributed by atoms with van der Waals surface area (Å²) in [6.45, 7) is 4.77. The predicted octanol–water partition coefficient (Wildman–Crippen LogP) is 0.736. The number of hydrogen-bond acceptors (Lipinski definition) is 5. The molecular weight excluding hydrogens is 242 g/mol. The zero-order valence-corrected chi connectivity index (χ0v) is 11.3. The zero-order chi connectivity index (χ0) is 13.7. The molecule has 0 amide bonds. The molecule has 0 unspecified atom stereocenters. The van der Waals surface area contributed by atoms with E-state index < -0.39 is 0 Å². The number of benzene rings is 1. The van der Waals surface area contributed by atoms with E-state index in [-0.39, 0.29) is 0 Å². The van der Waals surface area contributed by atoms with Gasteiger partial charge in [0.05, 0.1) is 13.2 Å². The molecule has 0 atom stereocenters. The molecular formula is C14H21N3O2. The lowest BCUT2D eigenvalue weighted by molar-refractivity contribution is -0.108. The summed E-state index contributed by atoms with van der Waals surface area (Å²) in [5, 5.41) is 0. The molecule has 1 aliphatic heterocycles. The highest BCUT2D eigenvalue weighted by Gasteiger charge is 2.17. The number of nitrogens with zero attached hydrogens (tertiary/aromatic N) is 2. The maximum Gasteiger partial charge on any atom is 0.133 e. The van der Waals surface area contributed by atoms with Crippen molar-refractivity contribution in [3.63, 3.8) is 0 Å². The Labute approximate surface area is 113 Å². The molecule has 2 N–H and O–H groups in total. The molecule has 0 aromatic heterocycles. The quantitative estimate of drug-likeness (QED) is 0.627. The zero-order valence-electron chi connectivity index (χ0n) is 11.3. The molecule has 0 spiro atoms. The van der Waals surface area contributed by atoms with E-state index in [2.05, 4.69) is 15.9 Å². The van der Waals surface area contributed by atoms with Gasteiger partial charge in [0.1, 0.15) is 6.29 Å². The van der Waals surface area contributed by atoms with Gasteiger partial charge in [-0.2, -0.15) is 0 Å². The molecule has 19 heavy (non-hydrogen) atoms. The second kappa shape index (κ2) is 6.54. The third kappa shape index (κ3) is 3.45. The molecule has 5 nitrogen and oxygen atoms in total. The molecule has 1 saturated heterocycles. The van der Waals surface area contributed by atoms with Crippen LogP contribution in [0, 0.1) is 0 Å². The first-order valence-corrected chi connectivity index (χ1v) is 6.53. The Hall–Kier alpha value is -1.59. The van der Waals surface area contributed by atoms with Crippen LogP contribution in [0.5, 0.6) is 0 Å². The van der Waals surface area contributed by atoms with Crippen molar-refractivity contribution >= 4 is 17.7 Å². The number of hydrogen-bond donors (Lipinski definition) is 1. The molecule has 5 heteroatoms. The normalized spacial score (nSPS) is 16.6. The van der Waals surface area contributed by atoms with Gasteiger partial charge >= 0.3 is 0 Å². The maximum absolute atomic E-state index is 10.5. The van der Waals surface area contributed by atoms with Gasteiger partial charge in [0.15, 0.2) is 0 Å². The van der Waals surface area contributed by atoms with Crippen molar-refractivity contribution in [3.8, 4) is 0 Å². The number of aldehydes is 1. The van der Waals surface area contributed by atoms with Crippen LogP contribution in [0.25, 0.3) is 0 Å². The Kier molecular flexibility index (Phi) is 4.76. The lowest BCUT2D eigenvalue weighted by Gasteiger charge is -2.35. The van der Waals surface area contributed by atoms with E-state index in [4.69, 9.17) is 10.5 Å². The highest BCUT2D eigenvalue weighted by Crippen LogP contribution is 2.23. The van der Waals surface area contributed by atoms with Crippen molar-refractivity contribution in [2.75, 3.05) is 50.5 Å². The Balaban J connectivity index is 2.02. The first-order valence-electron chi connectivity index (χ1n) is 6.53. The van der Waals surface area contributed by atoms with Crippen LogP contribution < -0.4 is 10.6 Å². The van der Waals surface area contributed by atoms with E-state index in [1.807, 2.05) is 12.1 Å². The summed E-state index contributed by atoms with van der Waals surface area (Å²) in [6, 6.07) is 6.07. The van der Waals surface area contributed by atoms with Gasteiger partial charge in [0.25, 0.3) is 0 Å². The van der Waals surface area contributed by atoms with Crippen LogP contribution in [0.2, 0.25) is 0 Å². The average molecular weight is 263 g/mol. The molecule has 1 aromatic rings. The third-order valence-corrected chi connectivity index (χ3v) is 3.50. The minimum Gasteiger partial charge on any atom is -0.398 e. The summed E-state index contributed by atoms with van der Waals surface area (Å²) < 4.78 is 5.15. The number of nitrogens with two attached hydrogens (primary N) is 1. The summed E-state index contributed by atoms with van der Waals surface area (Å²) in [5.74, 6) is 0. The number of carbonyl (C=O) groups is 1. The van der Waals surface area contributed by atoms with Crippen LogP contribution in [0.4, 0.5) is 11.4 Å². The Morgan fingerprint density at radius 1 is 1.32 bits per heavy atom. The first-order chi connectivity index (χ1) is 9.24. The van der Waals surface area contributed by atoms with Crippen molar-refractivity contribution < 1.29 is 9.53 Å². The summed E-state index contributed by atoms with van der Waals surface area (Å²) in [6.07, 6.45) is 0.968. The molecule has 104 valence electrons. The average Bonchev–Trinajstić information content (AvgIpc) is 2.43. The second-order valence-electron chi connectivity index (χ2n) is 4.77. The van der Waals surface area contributed by atoms with E-state index in [9.17, 15) is 4.79 Å². The minimum atomic E-state index is 0.532.